The Bertz CT molecular complexity index is 1210. The summed E-state index contributed by atoms with van der Waals surface area (Å²) in [6.45, 7) is 2.28. The molecular formula is C29H36N4O4. The molecule has 3 aromatic rings. The first-order valence-corrected chi connectivity index (χ1v) is 12.9. The number of hydrogen-bond acceptors (Lipinski definition) is 5. The number of nitrogens with zero attached hydrogens (tertiary/aromatic N) is 3. The van der Waals surface area contributed by atoms with E-state index in [2.05, 4.69) is 18.4 Å². The Labute approximate surface area is 218 Å². The van der Waals surface area contributed by atoms with Gasteiger partial charge >= 0.3 is 5.97 Å². The van der Waals surface area contributed by atoms with Gasteiger partial charge in [0.1, 0.15) is 5.75 Å². The summed E-state index contributed by atoms with van der Waals surface area (Å²) in [7, 11) is 3.28. The number of carbonyl (C=O) groups is 2. The maximum absolute atomic E-state index is 12.7. The monoisotopic (exact) mass is 504 g/mol. The highest BCUT2D eigenvalue weighted by atomic mass is 16.5. The van der Waals surface area contributed by atoms with Crippen molar-refractivity contribution in [3.05, 3.63) is 71.5 Å². The molecule has 8 heteroatoms. The lowest BCUT2D eigenvalue weighted by Gasteiger charge is -2.31. The van der Waals surface area contributed by atoms with E-state index in [1.807, 2.05) is 41.1 Å². The van der Waals surface area contributed by atoms with Crippen LogP contribution in [0.15, 0.2) is 54.7 Å². The van der Waals surface area contributed by atoms with Crippen molar-refractivity contribution in [2.45, 2.75) is 51.5 Å². The summed E-state index contributed by atoms with van der Waals surface area (Å²) in [5.41, 5.74) is 4.56. The van der Waals surface area contributed by atoms with Gasteiger partial charge in [-0.3, -0.25) is 9.59 Å². The van der Waals surface area contributed by atoms with Crippen molar-refractivity contribution in [2.24, 2.45) is 5.92 Å². The van der Waals surface area contributed by atoms with Crippen LogP contribution in [0, 0.1) is 12.8 Å². The standard InChI is InChI=1S/C29H36N4O4/c1-20-19-33(24-10-7-11-25(18-24)37-3)31-27(20)28(21-8-5-4-6-9-21)30-23-14-12-22(13-15-23)29(36)32(2)17-16-26(34)35/h7,10-15,18-19,21,28,30H,4-6,8-9,16-17H2,1-3H3,(H,34,35). The fourth-order valence-corrected chi connectivity index (χ4v) is 5.02. The number of anilines is 1. The number of ether oxygens (including phenoxy) is 1. The van der Waals surface area contributed by atoms with Gasteiger partial charge in [-0.15, -0.1) is 0 Å². The third-order valence-electron chi connectivity index (χ3n) is 7.13. The lowest BCUT2D eigenvalue weighted by atomic mass is 9.82. The molecule has 1 atom stereocenters. The van der Waals surface area contributed by atoms with Crippen LogP contribution in [0.1, 0.15) is 66.2 Å². The van der Waals surface area contributed by atoms with Crippen molar-refractivity contribution < 1.29 is 19.4 Å². The first-order chi connectivity index (χ1) is 17.9. The molecule has 0 aliphatic heterocycles. The Hall–Kier alpha value is -3.81. The first-order valence-electron chi connectivity index (χ1n) is 12.9. The van der Waals surface area contributed by atoms with Crippen molar-refractivity contribution in [1.82, 2.24) is 14.7 Å². The summed E-state index contributed by atoms with van der Waals surface area (Å²) in [4.78, 5) is 25.0. The second kappa shape index (κ2) is 12.0. The average molecular weight is 505 g/mol. The van der Waals surface area contributed by atoms with E-state index in [-0.39, 0.29) is 24.9 Å². The minimum atomic E-state index is -0.919. The maximum atomic E-state index is 12.7. The number of amides is 1. The number of aliphatic carboxylic acids is 1. The molecule has 1 aliphatic carbocycles. The molecule has 8 nitrogen and oxygen atoms in total. The van der Waals surface area contributed by atoms with Gasteiger partial charge in [0.2, 0.25) is 0 Å². The van der Waals surface area contributed by atoms with Crippen LogP contribution >= 0.6 is 0 Å². The predicted octanol–water partition coefficient (Wildman–Crippen LogP) is 5.47. The minimum absolute atomic E-state index is 0.0481. The van der Waals surface area contributed by atoms with Crippen molar-refractivity contribution >= 4 is 17.6 Å². The third kappa shape index (κ3) is 6.50. The van der Waals surface area contributed by atoms with Crippen LogP contribution < -0.4 is 10.1 Å². The predicted molar refractivity (Wildman–Crippen MR) is 143 cm³/mol. The van der Waals surface area contributed by atoms with E-state index in [1.165, 1.54) is 24.2 Å². The number of aromatic nitrogens is 2. The van der Waals surface area contributed by atoms with Crippen LogP contribution in [-0.4, -0.2) is 52.4 Å². The van der Waals surface area contributed by atoms with Gasteiger partial charge in [0.15, 0.2) is 0 Å². The van der Waals surface area contributed by atoms with E-state index in [0.29, 0.717) is 11.5 Å². The summed E-state index contributed by atoms with van der Waals surface area (Å²) in [6, 6.07) is 15.4. The lowest BCUT2D eigenvalue weighted by molar-refractivity contribution is -0.137. The number of carbonyl (C=O) groups excluding carboxylic acids is 1. The molecule has 1 heterocycles. The topological polar surface area (TPSA) is 96.7 Å². The number of benzene rings is 2. The van der Waals surface area contributed by atoms with Gasteiger partial charge in [0, 0.05) is 37.1 Å². The molecule has 196 valence electrons. The molecule has 4 rings (SSSR count). The zero-order chi connectivity index (χ0) is 26.4. The highest BCUT2D eigenvalue weighted by molar-refractivity contribution is 5.94. The maximum Gasteiger partial charge on any atom is 0.305 e. The van der Waals surface area contributed by atoms with Crippen LogP contribution in [0.4, 0.5) is 5.69 Å². The Morgan fingerprint density at radius 3 is 2.57 bits per heavy atom. The Morgan fingerprint density at radius 2 is 1.89 bits per heavy atom. The van der Waals surface area contributed by atoms with Gasteiger partial charge in [0.25, 0.3) is 5.91 Å². The summed E-state index contributed by atoms with van der Waals surface area (Å²) < 4.78 is 7.31. The van der Waals surface area contributed by atoms with Crippen molar-refractivity contribution in [3.63, 3.8) is 0 Å². The summed E-state index contributed by atoms with van der Waals surface area (Å²) >= 11 is 0. The second-order valence-corrected chi connectivity index (χ2v) is 9.81. The van der Waals surface area contributed by atoms with E-state index < -0.39 is 5.97 Å². The normalized spacial score (nSPS) is 14.7. The van der Waals surface area contributed by atoms with Crippen molar-refractivity contribution in [2.75, 3.05) is 26.0 Å². The highest BCUT2D eigenvalue weighted by Crippen LogP contribution is 2.37. The molecule has 2 N–H and O–H groups in total. The van der Waals surface area contributed by atoms with Gasteiger partial charge in [-0.1, -0.05) is 25.3 Å². The Morgan fingerprint density at radius 1 is 1.16 bits per heavy atom. The van der Waals surface area contributed by atoms with Crippen LogP contribution in [0.2, 0.25) is 0 Å². The van der Waals surface area contributed by atoms with Gasteiger partial charge in [-0.2, -0.15) is 5.10 Å². The van der Waals surface area contributed by atoms with Gasteiger partial charge in [-0.05, 0) is 67.6 Å². The van der Waals surface area contributed by atoms with Crippen molar-refractivity contribution in [1.29, 1.82) is 0 Å². The molecule has 1 unspecified atom stereocenters. The molecule has 1 fully saturated rings. The van der Waals surface area contributed by atoms with Crippen molar-refractivity contribution in [3.8, 4) is 11.4 Å². The molecular weight excluding hydrogens is 468 g/mol. The van der Waals surface area contributed by atoms with Crippen LogP contribution in [0.3, 0.4) is 0 Å². The fourth-order valence-electron chi connectivity index (χ4n) is 5.02. The summed E-state index contributed by atoms with van der Waals surface area (Å²) in [6.07, 6.45) is 7.99. The number of carboxylic acids is 1. The zero-order valence-electron chi connectivity index (χ0n) is 21.8. The molecule has 0 spiro atoms. The molecule has 0 bridgehead atoms. The van der Waals surface area contributed by atoms with Gasteiger partial charge in [0.05, 0.1) is 31.0 Å². The number of hydrogen-bond donors (Lipinski definition) is 2. The van der Waals surface area contributed by atoms with E-state index in [1.54, 1.807) is 26.3 Å². The van der Waals surface area contributed by atoms with Crippen LogP contribution in [-0.2, 0) is 4.79 Å². The number of methoxy groups -OCH3 is 1. The quantitative estimate of drug-likeness (QED) is 0.380. The van der Waals surface area contributed by atoms with E-state index in [9.17, 15) is 9.59 Å². The Balaban J connectivity index is 1.56. The molecule has 1 saturated carbocycles. The van der Waals surface area contributed by atoms with E-state index in [4.69, 9.17) is 14.9 Å². The molecule has 37 heavy (non-hydrogen) atoms. The van der Waals surface area contributed by atoms with E-state index in [0.717, 1.165) is 41.2 Å². The second-order valence-electron chi connectivity index (χ2n) is 9.81. The largest absolute Gasteiger partial charge is 0.497 e. The SMILES string of the molecule is COc1cccc(-n2cc(C)c(C(Nc3ccc(C(=O)N(C)CCC(=O)O)cc3)C3CCCCC3)n2)c1. The molecule has 0 saturated heterocycles. The molecule has 0 radical (unpaired) electrons. The van der Waals surface area contributed by atoms with Gasteiger partial charge in [-0.25, -0.2) is 4.68 Å². The molecule has 1 amide bonds. The molecule has 1 aromatic heterocycles. The van der Waals surface area contributed by atoms with Gasteiger partial charge < -0.3 is 20.1 Å². The molecule has 1 aliphatic rings. The van der Waals surface area contributed by atoms with Crippen LogP contribution in [0.5, 0.6) is 5.75 Å². The fraction of sp³-hybridized carbons (Fsp3) is 0.414. The number of aryl methyl sites for hydroxylation is 1. The van der Waals surface area contributed by atoms with E-state index >= 15 is 0 Å². The number of nitrogens with one attached hydrogen (secondary N) is 1. The zero-order valence-corrected chi connectivity index (χ0v) is 21.8. The molecule has 2 aromatic carbocycles. The number of carboxylic acid groups (broad SMARTS) is 1. The summed E-state index contributed by atoms with van der Waals surface area (Å²) in [5, 5.41) is 17.6. The lowest BCUT2D eigenvalue weighted by Crippen LogP contribution is -2.29. The number of rotatable bonds is 10. The third-order valence-corrected chi connectivity index (χ3v) is 7.13. The minimum Gasteiger partial charge on any atom is -0.497 e. The highest BCUT2D eigenvalue weighted by Gasteiger charge is 2.29. The summed E-state index contributed by atoms with van der Waals surface area (Å²) in [5.74, 6) is 0.142. The van der Waals surface area contributed by atoms with Crippen LogP contribution in [0.25, 0.3) is 5.69 Å². The Kier molecular flexibility index (Phi) is 8.48. The average Bonchev–Trinajstić information content (AvgIpc) is 3.32. The first kappa shape index (κ1) is 26.3. The smallest absolute Gasteiger partial charge is 0.305 e.